The molecular weight excluding hydrogens is 364 g/mol. The fraction of sp³-hybridized carbons (Fsp3) is 0.143. The zero-order valence-electron chi connectivity index (χ0n) is 15.0. The van der Waals surface area contributed by atoms with Crippen LogP contribution in [0.3, 0.4) is 0 Å². The summed E-state index contributed by atoms with van der Waals surface area (Å²) in [5.74, 6) is -0.708. The third kappa shape index (κ3) is 3.65. The Morgan fingerprint density at radius 2 is 1.81 bits per heavy atom. The van der Waals surface area contributed by atoms with E-state index in [1.165, 1.54) is 11.8 Å². The molecule has 0 fully saturated rings. The Hall–Kier alpha value is -2.89. The second-order valence-corrected chi connectivity index (χ2v) is 6.44. The van der Waals surface area contributed by atoms with Gasteiger partial charge in [-0.15, -0.1) is 0 Å². The summed E-state index contributed by atoms with van der Waals surface area (Å²) in [6.07, 6.45) is -1.35. The molecule has 138 valence electrons. The van der Waals surface area contributed by atoms with Gasteiger partial charge >= 0.3 is 5.97 Å². The number of aryl methyl sites for hydroxylation is 1. The van der Waals surface area contributed by atoms with Crippen molar-refractivity contribution in [2.45, 2.75) is 13.0 Å². The lowest BCUT2D eigenvalue weighted by atomic mass is 9.99. The lowest BCUT2D eigenvalue weighted by molar-refractivity contribution is -0.137. The van der Waals surface area contributed by atoms with E-state index in [0.29, 0.717) is 11.3 Å². The number of rotatable bonds is 5. The number of methoxy groups -OCH3 is 1. The Morgan fingerprint density at radius 3 is 2.41 bits per heavy atom. The first-order chi connectivity index (χ1) is 12.9. The molecular formula is C21H19ClN2O3. The number of hydrogen-bond acceptors (Lipinski definition) is 4. The summed E-state index contributed by atoms with van der Waals surface area (Å²) in [5.41, 5.74) is 3.26. The first-order valence-electron chi connectivity index (χ1n) is 8.30. The summed E-state index contributed by atoms with van der Waals surface area (Å²) in [6.45, 7) is 5.63. The number of aliphatic hydroxyl groups is 1. The average Bonchev–Trinajstić information content (AvgIpc) is 3.04. The van der Waals surface area contributed by atoms with Crippen LogP contribution in [0.2, 0.25) is 5.15 Å². The van der Waals surface area contributed by atoms with Gasteiger partial charge in [-0.25, -0.2) is 9.48 Å². The summed E-state index contributed by atoms with van der Waals surface area (Å²) < 4.78 is 6.21. The van der Waals surface area contributed by atoms with E-state index in [2.05, 4.69) is 16.4 Å². The number of carbonyl (C=O) groups is 1. The van der Waals surface area contributed by atoms with Crippen molar-refractivity contribution in [3.05, 3.63) is 83.0 Å². The number of aromatic nitrogens is 2. The summed E-state index contributed by atoms with van der Waals surface area (Å²) in [7, 11) is 1.23. The van der Waals surface area contributed by atoms with Gasteiger partial charge in [-0.1, -0.05) is 66.2 Å². The maximum Gasteiger partial charge on any atom is 0.336 e. The van der Waals surface area contributed by atoms with Crippen LogP contribution in [-0.2, 0) is 9.53 Å². The average molecular weight is 383 g/mol. The van der Waals surface area contributed by atoms with Crippen LogP contribution in [0.15, 0.2) is 66.7 Å². The fourth-order valence-electron chi connectivity index (χ4n) is 2.73. The van der Waals surface area contributed by atoms with Gasteiger partial charge in [0, 0.05) is 5.56 Å². The fourth-order valence-corrected chi connectivity index (χ4v) is 3.06. The smallest absolute Gasteiger partial charge is 0.336 e. The molecule has 0 aliphatic carbocycles. The molecule has 0 bridgehead atoms. The third-order valence-corrected chi connectivity index (χ3v) is 4.60. The standard InChI is InChI=1S/C21H19ClN2O3/c1-13-9-11-15(12-10-13)18-17(19(25)14(2)21(26)27-3)20(22)24(23-18)16-7-5-4-6-8-16/h4-12,19,25H,2H2,1,3H3. The zero-order valence-corrected chi connectivity index (χ0v) is 15.8. The third-order valence-electron chi connectivity index (χ3n) is 4.24. The van der Waals surface area contributed by atoms with E-state index in [-0.39, 0.29) is 10.7 Å². The lowest BCUT2D eigenvalue weighted by Crippen LogP contribution is -2.12. The van der Waals surface area contributed by atoms with E-state index >= 15 is 0 Å². The predicted octanol–water partition coefficient (Wildman–Crippen LogP) is 4.26. The van der Waals surface area contributed by atoms with E-state index in [1.54, 1.807) is 0 Å². The van der Waals surface area contributed by atoms with Gasteiger partial charge in [-0.05, 0) is 19.1 Å². The summed E-state index contributed by atoms with van der Waals surface area (Å²) in [4.78, 5) is 11.9. The summed E-state index contributed by atoms with van der Waals surface area (Å²) >= 11 is 6.58. The molecule has 0 saturated heterocycles. The van der Waals surface area contributed by atoms with Crippen LogP contribution in [0.25, 0.3) is 16.9 Å². The van der Waals surface area contributed by atoms with Crippen LogP contribution in [-0.4, -0.2) is 28.0 Å². The van der Waals surface area contributed by atoms with Gasteiger partial charge in [0.1, 0.15) is 17.0 Å². The molecule has 1 atom stereocenters. The molecule has 0 saturated carbocycles. The van der Waals surface area contributed by atoms with Crippen LogP contribution in [0.1, 0.15) is 17.2 Å². The number of ether oxygens (including phenoxy) is 1. The Balaban J connectivity index is 2.20. The van der Waals surface area contributed by atoms with Gasteiger partial charge in [-0.2, -0.15) is 5.10 Å². The molecule has 0 radical (unpaired) electrons. The van der Waals surface area contributed by atoms with Crippen LogP contribution in [0, 0.1) is 6.92 Å². The van der Waals surface area contributed by atoms with E-state index in [4.69, 9.17) is 11.6 Å². The Labute approximate surface area is 162 Å². The molecule has 6 heteroatoms. The molecule has 1 N–H and O–H groups in total. The molecule has 0 amide bonds. The van der Waals surface area contributed by atoms with Crippen molar-refractivity contribution in [3.8, 4) is 16.9 Å². The van der Waals surface area contributed by atoms with Crippen LogP contribution < -0.4 is 0 Å². The molecule has 1 aromatic heterocycles. The largest absolute Gasteiger partial charge is 0.466 e. The molecule has 1 heterocycles. The molecule has 27 heavy (non-hydrogen) atoms. The van der Waals surface area contributed by atoms with Crippen LogP contribution in [0.5, 0.6) is 0 Å². The molecule has 0 aliphatic rings. The molecule has 1 unspecified atom stereocenters. The van der Waals surface area contributed by atoms with Crippen molar-refractivity contribution >= 4 is 17.6 Å². The first kappa shape index (κ1) is 18.9. The number of halogens is 1. The maximum atomic E-state index is 11.9. The van der Waals surface area contributed by atoms with E-state index in [9.17, 15) is 9.90 Å². The molecule has 0 spiro atoms. The number of nitrogens with zero attached hydrogens (tertiary/aromatic N) is 2. The first-order valence-corrected chi connectivity index (χ1v) is 8.68. The monoisotopic (exact) mass is 382 g/mol. The van der Waals surface area contributed by atoms with E-state index in [0.717, 1.165) is 16.8 Å². The number of carbonyl (C=O) groups excluding carboxylic acids is 1. The topological polar surface area (TPSA) is 64.3 Å². The molecule has 3 rings (SSSR count). The van der Waals surface area contributed by atoms with Gasteiger partial charge in [0.05, 0.1) is 23.9 Å². The Kier molecular flexibility index (Phi) is 5.44. The summed E-state index contributed by atoms with van der Waals surface area (Å²) in [5, 5.41) is 15.6. The molecule has 0 aliphatic heterocycles. The molecule has 2 aromatic carbocycles. The van der Waals surface area contributed by atoms with Crippen molar-refractivity contribution in [2.24, 2.45) is 0 Å². The van der Waals surface area contributed by atoms with Gasteiger partial charge in [-0.3, -0.25) is 0 Å². The van der Waals surface area contributed by atoms with Crippen LogP contribution >= 0.6 is 11.6 Å². The molecule has 5 nitrogen and oxygen atoms in total. The zero-order chi connectivity index (χ0) is 19.6. The second-order valence-electron chi connectivity index (χ2n) is 6.09. The predicted molar refractivity (Wildman–Crippen MR) is 105 cm³/mol. The second kappa shape index (κ2) is 7.78. The van der Waals surface area contributed by atoms with Gasteiger partial charge in [0.25, 0.3) is 0 Å². The highest BCUT2D eigenvalue weighted by Gasteiger charge is 2.29. The summed E-state index contributed by atoms with van der Waals surface area (Å²) in [6, 6.07) is 17.0. The highest BCUT2D eigenvalue weighted by molar-refractivity contribution is 6.31. The Morgan fingerprint density at radius 1 is 1.19 bits per heavy atom. The van der Waals surface area contributed by atoms with E-state index < -0.39 is 12.1 Å². The van der Waals surface area contributed by atoms with Crippen LogP contribution in [0.4, 0.5) is 0 Å². The lowest BCUT2D eigenvalue weighted by Gasteiger charge is -2.13. The molecule has 3 aromatic rings. The Bertz CT molecular complexity index is 979. The minimum absolute atomic E-state index is 0.111. The van der Waals surface area contributed by atoms with Crippen molar-refractivity contribution in [1.82, 2.24) is 9.78 Å². The quantitative estimate of drug-likeness (QED) is 0.529. The van der Waals surface area contributed by atoms with Crippen molar-refractivity contribution < 1.29 is 14.6 Å². The van der Waals surface area contributed by atoms with Gasteiger partial charge < -0.3 is 9.84 Å². The number of para-hydroxylation sites is 1. The minimum atomic E-state index is -1.35. The highest BCUT2D eigenvalue weighted by Crippen LogP contribution is 2.37. The van der Waals surface area contributed by atoms with Gasteiger partial charge in [0.15, 0.2) is 0 Å². The van der Waals surface area contributed by atoms with Crippen molar-refractivity contribution in [1.29, 1.82) is 0 Å². The number of esters is 1. The van der Waals surface area contributed by atoms with Crippen molar-refractivity contribution in [2.75, 3.05) is 7.11 Å². The number of benzene rings is 2. The van der Waals surface area contributed by atoms with E-state index in [1.807, 2.05) is 61.5 Å². The van der Waals surface area contributed by atoms with Crippen molar-refractivity contribution in [3.63, 3.8) is 0 Å². The highest BCUT2D eigenvalue weighted by atomic mass is 35.5. The maximum absolute atomic E-state index is 11.9. The normalized spacial score (nSPS) is 11.9. The number of aliphatic hydroxyl groups excluding tert-OH is 1. The number of hydrogen-bond donors (Lipinski definition) is 1. The van der Waals surface area contributed by atoms with Gasteiger partial charge in [0.2, 0.25) is 0 Å². The SMILES string of the molecule is C=C(C(=O)OC)C(O)c1c(-c2ccc(C)cc2)nn(-c2ccccc2)c1Cl. The minimum Gasteiger partial charge on any atom is -0.466 e.